The van der Waals surface area contributed by atoms with Crippen LogP contribution in [0, 0.1) is 0 Å². The largest absolute Gasteiger partial charge is 0.495 e. The van der Waals surface area contributed by atoms with Crippen LogP contribution in [0.5, 0.6) is 5.75 Å². The second-order valence-corrected chi connectivity index (χ2v) is 6.10. The predicted molar refractivity (Wildman–Crippen MR) is 88.2 cm³/mol. The number of methoxy groups -OCH3 is 1. The summed E-state index contributed by atoms with van der Waals surface area (Å²) in [6.45, 7) is 4.25. The lowest BCUT2D eigenvalue weighted by Crippen LogP contribution is -2.44. The Morgan fingerprint density at radius 1 is 1.24 bits per heavy atom. The minimum Gasteiger partial charge on any atom is -0.495 e. The van der Waals surface area contributed by atoms with E-state index in [0.29, 0.717) is 11.4 Å². The highest BCUT2D eigenvalue weighted by Gasteiger charge is 2.17. The molecule has 21 heavy (non-hydrogen) atoms. The van der Waals surface area contributed by atoms with Gasteiger partial charge >= 0.3 is 0 Å². The van der Waals surface area contributed by atoms with Crippen LogP contribution in [0.4, 0.5) is 10.8 Å². The molecule has 2 heterocycles. The summed E-state index contributed by atoms with van der Waals surface area (Å²) in [5.41, 5.74) is 8.62. The number of anilines is 2. The van der Waals surface area contributed by atoms with Crippen molar-refractivity contribution >= 4 is 22.2 Å². The quantitative estimate of drug-likeness (QED) is 0.881. The Labute approximate surface area is 129 Å². The van der Waals surface area contributed by atoms with Crippen LogP contribution in [-0.4, -0.2) is 50.2 Å². The molecule has 2 aromatic rings. The van der Waals surface area contributed by atoms with Crippen molar-refractivity contribution in [1.29, 1.82) is 0 Å². The summed E-state index contributed by atoms with van der Waals surface area (Å²) in [7, 11) is 3.78. The Hall–Kier alpha value is -1.79. The lowest BCUT2D eigenvalue weighted by molar-refractivity contribution is 0.313. The van der Waals surface area contributed by atoms with Crippen LogP contribution < -0.4 is 15.4 Å². The van der Waals surface area contributed by atoms with E-state index in [1.807, 2.05) is 18.2 Å². The molecule has 1 fully saturated rings. The number of aromatic nitrogens is 1. The van der Waals surface area contributed by atoms with Gasteiger partial charge in [0.2, 0.25) is 0 Å². The third kappa shape index (κ3) is 2.96. The molecule has 0 bridgehead atoms. The average Bonchev–Trinajstić information content (AvgIpc) is 2.98. The van der Waals surface area contributed by atoms with Crippen LogP contribution in [-0.2, 0) is 0 Å². The molecule has 0 atom stereocenters. The van der Waals surface area contributed by atoms with Gasteiger partial charge in [-0.05, 0) is 25.2 Å². The van der Waals surface area contributed by atoms with E-state index < -0.39 is 0 Å². The molecule has 1 saturated heterocycles. The van der Waals surface area contributed by atoms with Gasteiger partial charge in [0.25, 0.3) is 0 Å². The first-order valence-corrected chi connectivity index (χ1v) is 7.88. The van der Waals surface area contributed by atoms with Crippen LogP contribution in [0.3, 0.4) is 0 Å². The first-order valence-electron chi connectivity index (χ1n) is 7.00. The fourth-order valence-electron chi connectivity index (χ4n) is 2.43. The van der Waals surface area contributed by atoms with Crippen LogP contribution in [0.25, 0.3) is 11.3 Å². The zero-order valence-corrected chi connectivity index (χ0v) is 13.2. The molecule has 6 heteroatoms. The molecule has 0 saturated carbocycles. The van der Waals surface area contributed by atoms with Crippen molar-refractivity contribution in [2.24, 2.45) is 0 Å². The summed E-state index contributed by atoms with van der Waals surface area (Å²) in [4.78, 5) is 9.45. The molecule has 112 valence electrons. The maximum atomic E-state index is 5.97. The summed E-state index contributed by atoms with van der Waals surface area (Å²) < 4.78 is 5.19. The van der Waals surface area contributed by atoms with Gasteiger partial charge in [-0.25, -0.2) is 4.98 Å². The second kappa shape index (κ2) is 5.91. The van der Waals surface area contributed by atoms with Crippen molar-refractivity contribution in [3.8, 4) is 17.0 Å². The Bertz CT molecular complexity index is 620. The highest BCUT2D eigenvalue weighted by Crippen LogP contribution is 2.31. The number of thiazole rings is 1. The minimum atomic E-state index is 0.643. The van der Waals surface area contributed by atoms with Crippen molar-refractivity contribution in [3.05, 3.63) is 23.6 Å². The summed E-state index contributed by atoms with van der Waals surface area (Å²) in [6.07, 6.45) is 0. The van der Waals surface area contributed by atoms with E-state index in [1.54, 1.807) is 18.4 Å². The number of rotatable bonds is 3. The molecule has 0 amide bonds. The number of hydrogen-bond donors (Lipinski definition) is 1. The highest BCUT2D eigenvalue weighted by molar-refractivity contribution is 7.14. The molecular formula is C15H20N4OS. The van der Waals surface area contributed by atoms with Gasteiger partial charge in [-0.2, -0.15) is 0 Å². The second-order valence-electron chi connectivity index (χ2n) is 5.26. The van der Waals surface area contributed by atoms with E-state index in [9.17, 15) is 0 Å². The van der Waals surface area contributed by atoms with Gasteiger partial charge in [-0.1, -0.05) is 0 Å². The standard InChI is InChI=1S/C15H20N4OS/c1-18-5-7-19(8-6-18)15-17-13(10-21-15)11-3-4-14(20-2)12(16)9-11/h3-4,9-10H,5-8,16H2,1-2H3. The molecule has 3 rings (SSSR count). The summed E-state index contributed by atoms with van der Waals surface area (Å²) in [5, 5.41) is 3.18. The van der Waals surface area contributed by atoms with Crippen LogP contribution >= 0.6 is 11.3 Å². The number of likely N-dealkylation sites (N-methyl/N-ethyl adjacent to an activating group) is 1. The smallest absolute Gasteiger partial charge is 0.185 e. The zero-order chi connectivity index (χ0) is 14.8. The first kappa shape index (κ1) is 14.2. The number of piperazine rings is 1. The number of ether oxygens (including phenoxy) is 1. The molecule has 0 spiro atoms. The number of nitrogens with zero attached hydrogens (tertiary/aromatic N) is 3. The Balaban J connectivity index is 1.80. The maximum Gasteiger partial charge on any atom is 0.185 e. The van der Waals surface area contributed by atoms with Gasteiger partial charge in [0.15, 0.2) is 5.13 Å². The maximum absolute atomic E-state index is 5.97. The van der Waals surface area contributed by atoms with Crippen LogP contribution in [0.2, 0.25) is 0 Å². The minimum absolute atomic E-state index is 0.643. The monoisotopic (exact) mass is 304 g/mol. The molecule has 1 aromatic carbocycles. The first-order chi connectivity index (χ1) is 10.2. The van der Waals surface area contributed by atoms with Gasteiger partial charge in [-0.15, -0.1) is 11.3 Å². The van der Waals surface area contributed by atoms with Crippen molar-refractivity contribution in [1.82, 2.24) is 9.88 Å². The lowest BCUT2D eigenvalue weighted by atomic mass is 10.1. The van der Waals surface area contributed by atoms with E-state index in [-0.39, 0.29) is 0 Å². The van der Waals surface area contributed by atoms with E-state index >= 15 is 0 Å². The molecule has 0 aliphatic carbocycles. The summed E-state index contributed by atoms with van der Waals surface area (Å²) >= 11 is 1.69. The Morgan fingerprint density at radius 3 is 2.67 bits per heavy atom. The summed E-state index contributed by atoms with van der Waals surface area (Å²) in [6, 6.07) is 5.80. The summed E-state index contributed by atoms with van der Waals surface area (Å²) in [5.74, 6) is 0.702. The van der Waals surface area contributed by atoms with E-state index in [2.05, 4.69) is 22.2 Å². The molecule has 2 N–H and O–H groups in total. The van der Waals surface area contributed by atoms with Crippen molar-refractivity contribution in [2.75, 3.05) is 51.0 Å². The number of hydrogen-bond acceptors (Lipinski definition) is 6. The fourth-order valence-corrected chi connectivity index (χ4v) is 3.32. The highest BCUT2D eigenvalue weighted by atomic mass is 32.1. The average molecular weight is 304 g/mol. The predicted octanol–water partition coefficient (Wildman–Crippen LogP) is 2.15. The Kier molecular flexibility index (Phi) is 3.98. The van der Waals surface area contributed by atoms with Crippen molar-refractivity contribution in [2.45, 2.75) is 0 Å². The normalized spacial score (nSPS) is 16.2. The molecule has 0 radical (unpaired) electrons. The molecule has 1 aromatic heterocycles. The van der Waals surface area contributed by atoms with Gasteiger partial charge < -0.3 is 20.3 Å². The van der Waals surface area contributed by atoms with E-state index in [4.69, 9.17) is 15.5 Å². The van der Waals surface area contributed by atoms with Gasteiger partial charge in [0, 0.05) is 37.1 Å². The van der Waals surface area contributed by atoms with E-state index in [1.165, 1.54) is 0 Å². The fraction of sp³-hybridized carbons (Fsp3) is 0.400. The number of benzene rings is 1. The van der Waals surface area contributed by atoms with Gasteiger partial charge in [0.1, 0.15) is 5.75 Å². The molecule has 1 aliphatic heterocycles. The van der Waals surface area contributed by atoms with Crippen molar-refractivity contribution in [3.63, 3.8) is 0 Å². The third-order valence-electron chi connectivity index (χ3n) is 3.79. The van der Waals surface area contributed by atoms with Gasteiger partial charge in [0.05, 0.1) is 18.5 Å². The number of nitrogen functional groups attached to an aromatic ring is 1. The van der Waals surface area contributed by atoms with Crippen LogP contribution in [0.15, 0.2) is 23.6 Å². The molecule has 5 nitrogen and oxygen atoms in total. The molecule has 1 aliphatic rings. The van der Waals surface area contributed by atoms with Crippen LogP contribution in [0.1, 0.15) is 0 Å². The van der Waals surface area contributed by atoms with Gasteiger partial charge in [-0.3, -0.25) is 0 Å². The van der Waals surface area contributed by atoms with E-state index in [0.717, 1.165) is 42.6 Å². The molecule has 0 unspecified atom stereocenters. The van der Waals surface area contributed by atoms with Crippen molar-refractivity contribution < 1.29 is 4.74 Å². The zero-order valence-electron chi connectivity index (χ0n) is 12.4. The molecular weight excluding hydrogens is 284 g/mol. The Morgan fingerprint density at radius 2 is 2.00 bits per heavy atom. The number of nitrogens with two attached hydrogens (primary N) is 1. The SMILES string of the molecule is COc1ccc(-c2csc(N3CCN(C)CC3)n2)cc1N. The topological polar surface area (TPSA) is 54.6 Å². The lowest BCUT2D eigenvalue weighted by Gasteiger charge is -2.32. The third-order valence-corrected chi connectivity index (χ3v) is 4.69.